The number of carbonyl (C=O) groups excluding carboxylic acids is 1. The van der Waals surface area contributed by atoms with Gasteiger partial charge in [-0.2, -0.15) is 11.8 Å². The summed E-state index contributed by atoms with van der Waals surface area (Å²) in [6.07, 6.45) is 3.81. The van der Waals surface area contributed by atoms with Crippen molar-refractivity contribution in [2.75, 3.05) is 18.6 Å². The molecule has 0 bridgehead atoms. The van der Waals surface area contributed by atoms with Gasteiger partial charge < -0.3 is 10.0 Å². The van der Waals surface area contributed by atoms with E-state index in [0.29, 0.717) is 0 Å². The molecular weight excluding hydrogens is 226 g/mol. The predicted octanol–water partition coefficient (Wildman–Crippen LogP) is 1.45. The van der Waals surface area contributed by atoms with Crippen LogP contribution < -0.4 is 0 Å². The third-order valence-electron chi connectivity index (χ3n) is 2.91. The zero-order chi connectivity index (χ0) is 12.1. The summed E-state index contributed by atoms with van der Waals surface area (Å²) in [6, 6.07) is -0.0886. The van der Waals surface area contributed by atoms with Crippen LogP contribution in [0.25, 0.3) is 0 Å². The lowest BCUT2D eigenvalue weighted by molar-refractivity contribution is -0.140. The van der Waals surface area contributed by atoms with Crippen molar-refractivity contribution >= 4 is 23.6 Å². The van der Waals surface area contributed by atoms with Crippen molar-refractivity contribution < 1.29 is 14.7 Å². The molecule has 4 nitrogen and oxygen atoms in total. The summed E-state index contributed by atoms with van der Waals surface area (Å²) in [6.45, 7) is 2.63. The van der Waals surface area contributed by atoms with Crippen LogP contribution in [0.1, 0.15) is 26.2 Å². The minimum Gasteiger partial charge on any atom is -0.481 e. The maximum absolute atomic E-state index is 12.0. The van der Waals surface area contributed by atoms with Crippen LogP contribution in [0.3, 0.4) is 0 Å². The van der Waals surface area contributed by atoms with Crippen LogP contribution in [-0.4, -0.2) is 46.5 Å². The van der Waals surface area contributed by atoms with Gasteiger partial charge in [0.2, 0.25) is 5.91 Å². The van der Waals surface area contributed by atoms with E-state index in [1.54, 1.807) is 16.7 Å². The van der Waals surface area contributed by atoms with Crippen molar-refractivity contribution in [3.8, 4) is 0 Å². The van der Waals surface area contributed by atoms with E-state index >= 15 is 0 Å². The molecule has 1 aliphatic heterocycles. The highest BCUT2D eigenvalue weighted by atomic mass is 32.2. The number of hydrogen-bond acceptors (Lipinski definition) is 3. The minimum absolute atomic E-state index is 0.00982. The molecule has 0 aromatic heterocycles. The van der Waals surface area contributed by atoms with Crippen LogP contribution in [0.5, 0.6) is 0 Å². The standard InChI is InChI=1S/C11H19NO3S/c1-8(7-16-2)11(15)12-5-3-4-9(12)6-10(13)14/h8-9H,3-7H2,1-2H3,(H,13,14). The van der Waals surface area contributed by atoms with E-state index in [2.05, 4.69) is 0 Å². The summed E-state index contributed by atoms with van der Waals surface area (Å²) in [5, 5.41) is 8.77. The zero-order valence-electron chi connectivity index (χ0n) is 9.81. The number of nitrogens with zero attached hydrogens (tertiary/aromatic N) is 1. The maximum Gasteiger partial charge on any atom is 0.305 e. The van der Waals surface area contributed by atoms with Crippen LogP contribution in [0.2, 0.25) is 0 Å². The largest absolute Gasteiger partial charge is 0.481 e. The lowest BCUT2D eigenvalue weighted by atomic mass is 10.1. The molecule has 0 aromatic rings. The average Bonchev–Trinajstić information content (AvgIpc) is 2.64. The Labute approximate surface area is 100 Å². The number of thioether (sulfide) groups is 1. The van der Waals surface area contributed by atoms with E-state index in [1.807, 2.05) is 13.2 Å². The number of carboxylic acids is 1. The lowest BCUT2D eigenvalue weighted by Crippen LogP contribution is -2.40. The third-order valence-corrected chi connectivity index (χ3v) is 3.74. The van der Waals surface area contributed by atoms with E-state index in [0.717, 1.165) is 25.1 Å². The van der Waals surface area contributed by atoms with Crippen LogP contribution in [0.4, 0.5) is 0 Å². The molecule has 0 spiro atoms. The maximum atomic E-state index is 12.0. The van der Waals surface area contributed by atoms with Gasteiger partial charge in [0.25, 0.3) is 0 Å². The van der Waals surface area contributed by atoms with E-state index in [9.17, 15) is 9.59 Å². The summed E-state index contributed by atoms with van der Waals surface area (Å²) in [4.78, 5) is 24.5. The van der Waals surface area contributed by atoms with Gasteiger partial charge in [0.15, 0.2) is 0 Å². The fourth-order valence-corrected chi connectivity index (χ4v) is 2.79. The molecule has 1 fully saturated rings. The summed E-state index contributed by atoms with van der Waals surface area (Å²) in [5.41, 5.74) is 0. The van der Waals surface area contributed by atoms with Crippen molar-refractivity contribution in [1.82, 2.24) is 4.90 Å². The van der Waals surface area contributed by atoms with E-state index < -0.39 is 5.97 Å². The number of aliphatic carboxylic acids is 1. The Kier molecular flexibility index (Phi) is 5.12. The second-order valence-corrected chi connectivity index (χ2v) is 5.19. The highest BCUT2D eigenvalue weighted by Crippen LogP contribution is 2.23. The van der Waals surface area contributed by atoms with Crippen LogP contribution in [-0.2, 0) is 9.59 Å². The summed E-state index contributed by atoms with van der Waals surface area (Å²) in [5.74, 6) is 0.0829. The minimum atomic E-state index is -0.817. The van der Waals surface area contributed by atoms with E-state index in [1.165, 1.54) is 0 Å². The highest BCUT2D eigenvalue weighted by molar-refractivity contribution is 7.98. The number of rotatable bonds is 5. The average molecular weight is 245 g/mol. The number of likely N-dealkylation sites (tertiary alicyclic amines) is 1. The monoisotopic (exact) mass is 245 g/mol. The molecule has 0 radical (unpaired) electrons. The Morgan fingerprint density at radius 3 is 2.81 bits per heavy atom. The summed E-state index contributed by atoms with van der Waals surface area (Å²) >= 11 is 1.65. The van der Waals surface area contributed by atoms with E-state index in [4.69, 9.17) is 5.11 Å². The van der Waals surface area contributed by atoms with Crippen molar-refractivity contribution in [3.63, 3.8) is 0 Å². The zero-order valence-corrected chi connectivity index (χ0v) is 10.6. The number of amides is 1. The number of carboxylic acid groups (broad SMARTS) is 1. The molecule has 92 valence electrons. The molecule has 2 unspecified atom stereocenters. The van der Waals surface area contributed by atoms with Crippen molar-refractivity contribution in [3.05, 3.63) is 0 Å². The van der Waals surface area contributed by atoms with Gasteiger partial charge in [0.1, 0.15) is 0 Å². The van der Waals surface area contributed by atoms with Gasteiger partial charge in [-0.1, -0.05) is 6.92 Å². The Morgan fingerprint density at radius 1 is 1.56 bits per heavy atom. The van der Waals surface area contributed by atoms with Crippen molar-refractivity contribution in [1.29, 1.82) is 0 Å². The molecule has 0 aliphatic carbocycles. The molecule has 0 saturated carbocycles. The Bertz CT molecular complexity index is 270. The second kappa shape index (κ2) is 6.13. The van der Waals surface area contributed by atoms with Gasteiger partial charge in [0, 0.05) is 24.3 Å². The highest BCUT2D eigenvalue weighted by Gasteiger charge is 2.32. The smallest absolute Gasteiger partial charge is 0.305 e. The van der Waals surface area contributed by atoms with E-state index in [-0.39, 0.29) is 24.3 Å². The molecule has 1 heterocycles. The predicted molar refractivity (Wildman–Crippen MR) is 64.5 cm³/mol. The Morgan fingerprint density at radius 2 is 2.25 bits per heavy atom. The molecular formula is C11H19NO3S. The fraction of sp³-hybridized carbons (Fsp3) is 0.818. The molecule has 1 saturated heterocycles. The molecule has 0 aromatic carbocycles. The molecule has 5 heteroatoms. The van der Waals surface area contributed by atoms with Gasteiger partial charge in [-0.15, -0.1) is 0 Å². The SMILES string of the molecule is CSCC(C)C(=O)N1CCCC1CC(=O)O. The molecule has 1 amide bonds. The van der Waals surface area contributed by atoms with Gasteiger partial charge in [-0.25, -0.2) is 0 Å². The van der Waals surface area contributed by atoms with Gasteiger partial charge in [-0.3, -0.25) is 9.59 Å². The molecule has 1 aliphatic rings. The third kappa shape index (κ3) is 3.40. The van der Waals surface area contributed by atoms with Crippen molar-refractivity contribution in [2.45, 2.75) is 32.2 Å². The molecule has 16 heavy (non-hydrogen) atoms. The second-order valence-electron chi connectivity index (χ2n) is 4.28. The summed E-state index contributed by atoms with van der Waals surface area (Å²) in [7, 11) is 0. The van der Waals surface area contributed by atoms with Crippen LogP contribution in [0.15, 0.2) is 0 Å². The van der Waals surface area contributed by atoms with Gasteiger partial charge >= 0.3 is 5.97 Å². The first kappa shape index (κ1) is 13.4. The van der Waals surface area contributed by atoms with Crippen LogP contribution in [0, 0.1) is 5.92 Å². The Hall–Kier alpha value is -0.710. The molecule has 1 rings (SSSR count). The first-order valence-corrected chi connectivity index (χ1v) is 6.96. The van der Waals surface area contributed by atoms with Gasteiger partial charge in [-0.05, 0) is 19.1 Å². The molecule has 2 atom stereocenters. The first-order chi connectivity index (χ1) is 7.56. The van der Waals surface area contributed by atoms with Gasteiger partial charge in [0.05, 0.1) is 6.42 Å². The lowest BCUT2D eigenvalue weighted by Gasteiger charge is -2.26. The first-order valence-electron chi connectivity index (χ1n) is 5.57. The fourth-order valence-electron chi connectivity index (χ4n) is 2.14. The topological polar surface area (TPSA) is 57.6 Å². The number of carbonyl (C=O) groups is 2. The normalized spacial score (nSPS) is 22.1. The summed E-state index contributed by atoms with van der Waals surface area (Å²) < 4.78 is 0. The Balaban J connectivity index is 2.56. The quantitative estimate of drug-likeness (QED) is 0.796. The number of hydrogen-bond donors (Lipinski definition) is 1. The van der Waals surface area contributed by atoms with Crippen molar-refractivity contribution in [2.24, 2.45) is 5.92 Å². The van der Waals surface area contributed by atoms with Crippen LogP contribution >= 0.6 is 11.8 Å². The molecule has 1 N–H and O–H groups in total.